The van der Waals surface area contributed by atoms with Crippen molar-refractivity contribution in [2.75, 3.05) is 0 Å². The lowest BCUT2D eigenvalue weighted by Crippen LogP contribution is -2.41. The lowest BCUT2D eigenvalue weighted by Gasteiger charge is -2.18. The van der Waals surface area contributed by atoms with Gasteiger partial charge >= 0.3 is 5.51 Å². The lowest BCUT2D eigenvalue weighted by atomic mass is 10.0. The van der Waals surface area contributed by atoms with E-state index >= 15 is 0 Å². The number of primary amides is 1. The van der Waals surface area contributed by atoms with Gasteiger partial charge in [-0.05, 0) is 59.5 Å². The highest BCUT2D eigenvalue weighted by Crippen LogP contribution is 2.36. The molecule has 0 heterocycles. The van der Waals surface area contributed by atoms with E-state index in [1.807, 2.05) is 13.8 Å². The van der Waals surface area contributed by atoms with Gasteiger partial charge in [0.1, 0.15) is 12.4 Å². The summed E-state index contributed by atoms with van der Waals surface area (Å²) in [5.74, 6) is 0.452. The molecule has 1 amide bonds. The number of benzene rings is 2. The summed E-state index contributed by atoms with van der Waals surface area (Å²) in [4.78, 5) is 11.7. The van der Waals surface area contributed by atoms with Crippen LogP contribution in [0.2, 0.25) is 5.02 Å². The molecule has 0 spiro atoms. The number of thioether (sulfide) groups is 1. The highest BCUT2D eigenvalue weighted by Gasteiger charge is 2.29. The van der Waals surface area contributed by atoms with Crippen molar-refractivity contribution in [2.45, 2.75) is 49.9 Å². The van der Waals surface area contributed by atoms with E-state index in [9.17, 15) is 18.0 Å². The molecule has 1 unspecified atom stereocenters. The number of nitrogens with one attached hydrogen (secondary N) is 1. The average molecular weight is 461 g/mol. The van der Waals surface area contributed by atoms with Crippen LogP contribution in [0.25, 0.3) is 0 Å². The van der Waals surface area contributed by atoms with E-state index in [0.717, 1.165) is 11.1 Å². The van der Waals surface area contributed by atoms with Gasteiger partial charge in [0.15, 0.2) is 0 Å². The number of carbonyl (C=O) groups excluding carboxylic acids is 1. The molecule has 0 aliphatic heterocycles. The first-order valence-electron chi connectivity index (χ1n) is 9.32. The molecule has 0 aliphatic rings. The maximum Gasteiger partial charge on any atom is 0.446 e. The minimum absolute atomic E-state index is 0.123. The highest BCUT2D eigenvalue weighted by molar-refractivity contribution is 8.00. The monoisotopic (exact) mass is 460 g/mol. The molecule has 2 rings (SSSR count). The van der Waals surface area contributed by atoms with E-state index in [-0.39, 0.29) is 23.3 Å². The summed E-state index contributed by atoms with van der Waals surface area (Å²) >= 11 is 6.16. The van der Waals surface area contributed by atoms with Crippen LogP contribution >= 0.6 is 23.4 Å². The Labute approximate surface area is 183 Å². The molecule has 0 saturated carbocycles. The van der Waals surface area contributed by atoms with Gasteiger partial charge in [-0.25, -0.2) is 0 Å². The van der Waals surface area contributed by atoms with Crippen LogP contribution in [0.15, 0.2) is 47.4 Å². The van der Waals surface area contributed by atoms with Crippen LogP contribution in [-0.4, -0.2) is 17.5 Å². The average Bonchev–Trinajstić information content (AvgIpc) is 2.64. The number of nitrogens with two attached hydrogens (primary N) is 1. The fraction of sp³-hybridized carbons (Fsp3) is 0.381. The van der Waals surface area contributed by atoms with Gasteiger partial charge in [0.05, 0.1) is 6.04 Å². The fourth-order valence-corrected chi connectivity index (χ4v) is 3.50. The number of halogens is 4. The molecular weight excluding hydrogens is 437 g/mol. The van der Waals surface area contributed by atoms with E-state index in [1.165, 1.54) is 12.1 Å². The normalized spacial score (nSPS) is 12.8. The standard InChI is InChI=1S/C21H24ClF3N2O2S/c1-13(2)9-19(20(26)28)27-11-15-5-6-16(10-18(15)22)29-12-14-3-7-17(8-4-14)30-21(23,24)25/h3-8,10,13,19,27H,9,11-12H2,1-2H3,(H2,26,28). The molecule has 4 nitrogen and oxygen atoms in total. The zero-order chi connectivity index (χ0) is 22.3. The Bertz CT molecular complexity index is 845. The van der Waals surface area contributed by atoms with Crippen LogP contribution in [0, 0.1) is 5.92 Å². The zero-order valence-electron chi connectivity index (χ0n) is 16.6. The van der Waals surface area contributed by atoms with Crippen molar-refractivity contribution >= 4 is 29.3 Å². The second kappa shape index (κ2) is 10.9. The minimum atomic E-state index is -4.31. The minimum Gasteiger partial charge on any atom is -0.489 e. The Morgan fingerprint density at radius 2 is 1.87 bits per heavy atom. The third-order valence-electron chi connectivity index (χ3n) is 4.18. The third kappa shape index (κ3) is 8.45. The molecule has 1 atom stereocenters. The Morgan fingerprint density at radius 1 is 1.20 bits per heavy atom. The fourth-order valence-electron chi connectivity index (χ4n) is 2.72. The molecule has 0 fully saturated rings. The largest absolute Gasteiger partial charge is 0.489 e. The topological polar surface area (TPSA) is 64.3 Å². The number of hydrogen-bond donors (Lipinski definition) is 2. The van der Waals surface area contributed by atoms with Gasteiger partial charge in [-0.1, -0.05) is 43.6 Å². The predicted molar refractivity (Wildman–Crippen MR) is 113 cm³/mol. The van der Waals surface area contributed by atoms with Crippen molar-refractivity contribution in [3.8, 4) is 5.75 Å². The van der Waals surface area contributed by atoms with Gasteiger partial charge in [0.2, 0.25) is 5.91 Å². The van der Waals surface area contributed by atoms with Gasteiger partial charge in [0, 0.05) is 16.5 Å². The molecule has 9 heteroatoms. The van der Waals surface area contributed by atoms with Gasteiger partial charge in [-0.3, -0.25) is 4.79 Å². The smallest absolute Gasteiger partial charge is 0.446 e. The van der Waals surface area contributed by atoms with E-state index in [4.69, 9.17) is 22.1 Å². The van der Waals surface area contributed by atoms with E-state index in [0.29, 0.717) is 29.7 Å². The van der Waals surface area contributed by atoms with Gasteiger partial charge < -0.3 is 15.8 Å². The second-order valence-corrected chi connectivity index (χ2v) is 8.74. The molecule has 3 N–H and O–H groups in total. The van der Waals surface area contributed by atoms with Gasteiger partial charge in [-0.2, -0.15) is 13.2 Å². The van der Waals surface area contributed by atoms with Crippen molar-refractivity contribution in [3.05, 3.63) is 58.6 Å². The lowest BCUT2D eigenvalue weighted by molar-refractivity contribution is -0.120. The molecule has 2 aromatic rings. The summed E-state index contributed by atoms with van der Waals surface area (Å²) in [6.45, 7) is 4.61. The second-order valence-electron chi connectivity index (χ2n) is 7.20. The summed E-state index contributed by atoms with van der Waals surface area (Å²) in [5, 5.41) is 3.60. The maximum absolute atomic E-state index is 12.4. The van der Waals surface area contributed by atoms with Crippen LogP contribution < -0.4 is 15.8 Å². The number of carbonyl (C=O) groups is 1. The first kappa shape index (κ1) is 24.4. The highest BCUT2D eigenvalue weighted by atomic mass is 35.5. The molecule has 0 aliphatic carbocycles. The van der Waals surface area contributed by atoms with Gasteiger partial charge in [-0.15, -0.1) is 0 Å². The van der Waals surface area contributed by atoms with Crippen molar-refractivity contribution in [3.63, 3.8) is 0 Å². The molecule has 30 heavy (non-hydrogen) atoms. The molecule has 0 bridgehead atoms. The van der Waals surface area contributed by atoms with Crippen molar-refractivity contribution in [2.24, 2.45) is 11.7 Å². The van der Waals surface area contributed by atoms with Crippen LogP contribution in [0.5, 0.6) is 5.75 Å². The third-order valence-corrected chi connectivity index (χ3v) is 5.27. The summed E-state index contributed by atoms with van der Waals surface area (Å²) in [6.07, 6.45) is 0.633. The molecular formula is C21H24ClF3N2O2S. The summed E-state index contributed by atoms with van der Waals surface area (Å²) in [7, 11) is 0. The first-order valence-corrected chi connectivity index (χ1v) is 10.5. The van der Waals surface area contributed by atoms with Crippen LogP contribution in [-0.2, 0) is 17.9 Å². The Morgan fingerprint density at radius 3 is 2.40 bits per heavy atom. The number of ether oxygens (including phenoxy) is 1. The molecule has 0 radical (unpaired) electrons. The zero-order valence-corrected chi connectivity index (χ0v) is 18.2. The summed E-state index contributed by atoms with van der Waals surface area (Å²) in [5.41, 5.74) is 2.66. The van der Waals surface area contributed by atoms with Crippen LogP contribution in [0.4, 0.5) is 13.2 Å². The summed E-state index contributed by atoms with van der Waals surface area (Å²) < 4.78 is 42.8. The van der Waals surface area contributed by atoms with E-state index in [1.54, 1.807) is 30.3 Å². The van der Waals surface area contributed by atoms with E-state index < -0.39 is 17.5 Å². The molecule has 2 aromatic carbocycles. The van der Waals surface area contributed by atoms with Crippen molar-refractivity contribution < 1.29 is 22.7 Å². The Balaban J connectivity index is 1.91. The van der Waals surface area contributed by atoms with E-state index in [2.05, 4.69) is 5.32 Å². The first-order chi connectivity index (χ1) is 14.0. The molecule has 164 valence electrons. The number of hydrogen-bond acceptors (Lipinski definition) is 4. The molecule has 0 saturated heterocycles. The summed E-state index contributed by atoms with van der Waals surface area (Å²) in [6, 6.07) is 10.8. The number of amides is 1. The number of alkyl halides is 3. The van der Waals surface area contributed by atoms with Gasteiger partial charge in [0.25, 0.3) is 0 Å². The SMILES string of the molecule is CC(C)CC(NCc1ccc(OCc2ccc(SC(F)(F)F)cc2)cc1Cl)C(N)=O. The quantitative estimate of drug-likeness (QED) is 0.458. The predicted octanol–water partition coefficient (Wildman–Crippen LogP) is 5.52. The Hall–Kier alpha value is -1.90. The van der Waals surface area contributed by atoms with Crippen LogP contribution in [0.1, 0.15) is 31.4 Å². The molecule has 0 aromatic heterocycles. The van der Waals surface area contributed by atoms with Crippen molar-refractivity contribution in [1.82, 2.24) is 5.32 Å². The van der Waals surface area contributed by atoms with Crippen LogP contribution in [0.3, 0.4) is 0 Å². The number of rotatable bonds is 10. The Kier molecular flexibility index (Phi) is 8.88. The van der Waals surface area contributed by atoms with Crippen molar-refractivity contribution in [1.29, 1.82) is 0 Å². The maximum atomic E-state index is 12.4.